The number of methoxy groups -OCH3 is 2. The van der Waals surface area contributed by atoms with Crippen LogP contribution in [0.5, 0.6) is 23.0 Å². The third-order valence-corrected chi connectivity index (χ3v) is 5.22. The zero-order chi connectivity index (χ0) is 20.4. The molecule has 0 spiro atoms. The van der Waals surface area contributed by atoms with Gasteiger partial charge < -0.3 is 23.7 Å². The van der Waals surface area contributed by atoms with Crippen molar-refractivity contribution in [1.82, 2.24) is 4.90 Å². The summed E-state index contributed by atoms with van der Waals surface area (Å²) in [6.45, 7) is 0.787. The van der Waals surface area contributed by atoms with Crippen molar-refractivity contribution < 1.29 is 28.5 Å². The van der Waals surface area contributed by atoms with Crippen molar-refractivity contribution >= 4 is 5.97 Å². The van der Waals surface area contributed by atoms with Gasteiger partial charge in [-0.1, -0.05) is 6.07 Å². The first-order valence-corrected chi connectivity index (χ1v) is 9.28. The summed E-state index contributed by atoms with van der Waals surface area (Å²) in [4.78, 5) is 14.8. The zero-order valence-corrected chi connectivity index (χ0v) is 16.6. The molecule has 0 amide bonds. The van der Waals surface area contributed by atoms with Gasteiger partial charge in [0.15, 0.2) is 11.5 Å². The van der Waals surface area contributed by atoms with Crippen LogP contribution in [0.25, 0.3) is 0 Å². The molecule has 0 N–H and O–H groups in total. The van der Waals surface area contributed by atoms with Gasteiger partial charge >= 0.3 is 5.97 Å². The largest absolute Gasteiger partial charge is 0.497 e. The lowest BCUT2D eigenvalue weighted by atomic mass is 9.91. The van der Waals surface area contributed by atoms with Crippen LogP contribution in [0, 0.1) is 5.92 Å². The maximum atomic E-state index is 12.7. The van der Waals surface area contributed by atoms with E-state index < -0.39 is 5.92 Å². The molecule has 0 aliphatic carbocycles. The molecule has 0 saturated carbocycles. The van der Waals surface area contributed by atoms with Crippen molar-refractivity contribution in [2.75, 3.05) is 34.6 Å². The molecular weight excluding hydrogens is 374 g/mol. The highest BCUT2D eigenvalue weighted by molar-refractivity contribution is 5.78. The molecule has 2 atom stereocenters. The molecule has 4 rings (SSSR count). The molecule has 7 nitrogen and oxygen atoms in total. The molecule has 1 saturated heterocycles. The van der Waals surface area contributed by atoms with Crippen LogP contribution in [-0.4, -0.2) is 45.5 Å². The van der Waals surface area contributed by atoms with E-state index in [9.17, 15) is 4.79 Å². The maximum Gasteiger partial charge on any atom is 0.314 e. The Labute approximate surface area is 169 Å². The highest BCUT2D eigenvalue weighted by atomic mass is 16.7. The fourth-order valence-corrected chi connectivity index (χ4v) is 3.80. The van der Waals surface area contributed by atoms with E-state index in [1.54, 1.807) is 13.4 Å². The number of hydrogen-bond donors (Lipinski definition) is 0. The Morgan fingerprint density at radius 2 is 1.79 bits per heavy atom. The van der Waals surface area contributed by atoms with E-state index in [0.717, 1.165) is 16.9 Å². The van der Waals surface area contributed by atoms with Gasteiger partial charge in [0, 0.05) is 6.54 Å². The fraction of sp³-hybridized carbons (Fsp3) is 0.318. The van der Waals surface area contributed by atoms with E-state index in [4.69, 9.17) is 23.7 Å². The van der Waals surface area contributed by atoms with Gasteiger partial charge in [-0.25, -0.2) is 0 Å². The molecule has 2 heterocycles. The number of carbonyl (C=O) groups is 1. The Hall–Kier alpha value is -3.19. The molecule has 2 aliphatic heterocycles. The summed E-state index contributed by atoms with van der Waals surface area (Å²) in [7, 11) is 4.99. The van der Waals surface area contributed by atoms with Crippen molar-refractivity contribution in [3.05, 3.63) is 59.9 Å². The van der Waals surface area contributed by atoms with E-state index in [1.807, 2.05) is 49.5 Å². The van der Waals surface area contributed by atoms with Gasteiger partial charge in [-0.15, -0.1) is 0 Å². The fourth-order valence-electron chi connectivity index (χ4n) is 3.80. The van der Waals surface area contributed by atoms with Gasteiger partial charge in [0.25, 0.3) is 0 Å². The number of carbonyl (C=O) groups excluding carboxylic acids is 1. The summed E-state index contributed by atoms with van der Waals surface area (Å²) in [6.07, 6.45) is 1.65. The number of benzene rings is 2. The molecule has 0 unspecified atom stereocenters. The molecule has 29 heavy (non-hydrogen) atoms. The second-order valence-electron chi connectivity index (χ2n) is 6.96. The predicted molar refractivity (Wildman–Crippen MR) is 105 cm³/mol. The molecule has 0 bridgehead atoms. The minimum atomic E-state index is -0.483. The maximum absolute atomic E-state index is 12.7. The minimum Gasteiger partial charge on any atom is -0.497 e. The highest BCUT2D eigenvalue weighted by Gasteiger charge is 2.43. The minimum absolute atomic E-state index is 0.192. The van der Waals surface area contributed by atoms with Crippen LogP contribution < -0.4 is 18.9 Å². The quantitative estimate of drug-likeness (QED) is 0.567. The second-order valence-corrected chi connectivity index (χ2v) is 6.96. The monoisotopic (exact) mass is 397 g/mol. The van der Waals surface area contributed by atoms with Crippen molar-refractivity contribution in [3.63, 3.8) is 0 Å². The van der Waals surface area contributed by atoms with E-state index in [0.29, 0.717) is 23.8 Å². The summed E-state index contributed by atoms with van der Waals surface area (Å²) < 4.78 is 27.0. The Bertz CT molecular complexity index is 923. The number of esters is 1. The van der Waals surface area contributed by atoms with Crippen molar-refractivity contribution in [2.45, 2.75) is 6.04 Å². The number of fused-ring (bicyclic) bond motifs is 1. The van der Waals surface area contributed by atoms with Gasteiger partial charge in [-0.05, 0) is 54.6 Å². The highest BCUT2D eigenvalue weighted by Crippen LogP contribution is 2.43. The lowest BCUT2D eigenvalue weighted by Gasteiger charge is -2.24. The van der Waals surface area contributed by atoms with Crippen LogP contribution in [0.3, 0.4) is 0 Å². The number of nitrogens with zero attached hydrogens (tertiary/aromatic N) is 1. The predicted octanol–water partition coefficient (Wildman–Crippen LogP) is 3.16. The molecular formula is C22H23NO6. The van der Waals surface area contributed by atoms with E-state index in [1.165, 1.54) is 7.11 Å². The molecule has 2 aromatic rings. The average Bonchev–Trinajstić information content (AvgIpc) is 3.35. The van der Waals surface area contributed by atoms with E-state index in [-0.39, 0.29) is 18.8 Å². The van der Waals surface area contributed by atoms with Gasteiger partial charge in [-0.2, -0.15) is 0 Å². The number of hydrogen-bond acceptors (Lipinski definition) is 7. The number of ether oxygens (including phenoxy) is 5. The number of rotatable bonds is 5. The molecule has 7 heteroatoms. The van der Waals surface area contributed by atoms with Crippen LogP contribution in [0.2, 0.25) is 0 Å². The first-order valence-electron chi connectivity index (χ1n) is 9.28. The van der Waals surface area contributed by atoms with Crippen LogP contribution in [0.4, 0.5) is 0 Å². The van der Waals surface area contributed by atoms with Gasteiger partial charge in [-0.3, -0.25) is 9.69 Å². The Morgan fingerprint density at radius 3 is 2.52 bits per heavy atom. The van der Waals surface area contributed by atoms with E-state index >= 15 is 0 Å². The Kier molecular flexibility index (Phi) is 5.31. The molecule has 1 fully saturated rings. The molecule has 0 aromatic heterocycles. The lowest BCUT2D eigenvalue weighted by Crippen LogP contribution is -2.26. The Morgan fingerprint density at radius 1 is 1.07 bits per heavy atom. The van der Waals surface area contributed by atoms with Crippen molar-refractivity contribution in [1.29, 1.82) is 0 Å². The summed E-state index contributed by atoms with van der Waals surface area (Å²) >= 11 is 0. The van der Waals surface area contributed by atoms with Gasteiger partial charge in [0.05, 0.1) is 26.5 Å². The molecule has 2 aromatic carbocycles. The van der Waals surface area contributed by atoms with Gasteiger partial charge in [0.1, 0.15) is 17.4 Å². The van der Waals surface area contributed by atoms with E-state index in [2.05, 4.69) is 4.90 Å². The normalized spacial score (nSPS) is 22.0. The second kappa shape index (κ2) is 8.05. The Balaban J connectivity index is 1.61. The summed E-state index contributed by atoms with van der Waals surface area (Å²) in [6, 6.07) is 12.8. The smallest absolute Gasteiger partial charge is 0.314 e. The number of likely N-dealkylation sites (tertiary alicyclic amines) is 1. The van der Waals surface area contributed by atoms with Gasteiger partial charge in [0.2, 0.25) is 6.79 Å². The topological polar surface area (TPSA) is 66.5 Å². The molecule has 152 valence electrons. The van der Waals surface area contributed by atoms with Crippen LogP contribution in [0.1, 0.15) is 11.6 Å². The SMILES string of the molecule is COC(=O)[C@@H]1/C(=C/Oc2ccc(OC)cc2)CN(C)[C@H]1c1ccc2c(c1)OCO2. The standard InChI is InChI=1S/C22H23NO6/c1-23-11-15(12-27-17-7-5-16(25-2)6-8-17)20(22(24)26-3)21(23)14-4-9-18-19(10-14)29-13-28-18/h4-10,12,20-21H,11,13H2,1-3H3/b15-12+/t20-,21+/m1/s1. The lowest BCUT2D eigenvalue weighted by molar-refractivity contribution is -0.145. The molecule has 0 radical (unpaired) electrons. The molecule has 2 aliphatic rings. The third-order valence-electron chi connectivity index (χ3n) is 5.22. The average molecular weight is 397 g/mol. The zero-order valence-electron chi connectivity index (χ0n) is 16.6. The summed E-state index contributed by atoms with van der Waals surface area (Å²) in [5.41, 5.74) is 1.80. The summed E-state index contributed by atoms with van der Waals surface area (Å²) in [5.74, 6) is 2.02. The number of likely N-dealkylation sites (N-methyl/N-ethyl adjacent to an activating group) is 1. The summed E-state index contributed by atoms with van der Waals surface area (Å²) in [5, 5.41) is 0. The first kappa shape index (κ1) is 19.1. The third kappa shape index (κ3) is 3.73. The van der Waals surface area contributed by atoms with Crippen molar-refractivity contribution in [3.8, 4) is 23.0 Å². The van der Waals surface area contributed by atoms with Crippen LogP contribution in [-0.2, 0) is 9.53 Å². The first-order chi connectivity index (χ1) is 14.1. The van der Waals surface area contributed by atoms with Crippen molar-refractivity contribution in [2.24, 2.45) is 5.92 Å². The van der Waals surface area contributed by atoms with Crippen LogP contribution >= 0.6 is 0 Å². The van der Waals surface area contributed by atoms with Crippen LogP contribution in [0.15, 0.2) is 54.3 Å².